The van der Waals surface area contributed by atoms with Crippen LogP contribution in [-0.4, -0.2) is 59.6 Å². The minimum atomic E-state index is -4.75. The Kier molecular flexibility index (Phi) is 9.27. The molecule has 0 amide bonds. The molecule has 15 heteroatoms. The second kappa shape index (κ2) is 12.2. The molecule has 0 aliphatic carbocycles. The lowest BCUT2D eigenvalue weighted by Crippen LogP contribution is -2.44. The third-order valence-corrected chi connectivity index (χ3v) is 9.83. The smallest absolute Gasteiger partial charge is 0.404 e. The van der Waals surface area contributed by atoms with Crippen LogP contribution in [0.3, 0.4) is 0 Å². The maximum absolute atomic E-state index is 13.4. The van der Waals surface area contributed by atoms with Gasteiger partial charge in [0.2, 0.25) is 15.9 Å². The summed E-state index contributed by atoms with van der Waals surface area (Å²) in [5, 5.41) is 18.6. The van der Waals surface area contributed by atoms with Crippen molar-refractivity contribution in [2.75, 3.05) is 7.11 Å². The average molecular weight is 655 g/mol. The number of halogens is 3. The summed E-state index contributed by atoms with van der Waals surface area (Å²) in [7, 11) is -2.99. The zero-order valence-electron chi connectivity index (χ0n) is 24.9. The largest absolute Gasteiger partial charge is 0.481 e. The van der Waals surface area contributed by atoms with E-state index in [1.807, 2.05) is 18.6 Å². The number of thiazole rings is 1. The van der Waals surface area contributed by atoms with E-state index < -0.39 is 45.6 Å². The number of nitrogens with zero attached hydrogens (tertiary/aromatic N) is 3. The minimum Gasteiger partial charge on any atom is -0.481 e. The van der Waals surface area contributed by atoms with Crippen molar-refractivity contribution in [1.82, 2.24) is 19.9 Å². The Labute approximate surface area is 256 Å². The number of carboxylic acid groups (broad SMARTS) is 1. The molecule has 0 fully saturated rings. The van der Waals surface area contributed by atoms with Gasteiger partial charge in [-0.15, -0.1) is 21.5 Å². The highest BCUT2D eigenvalue weighted by Crippen LogP contribution is 2.42. The molecule has 238 valence electrons. The Hall–Kier alpha value is -3.40. The molecule has 0 bridgehead atoms. The fourth-order valence-corrected chi connectivity index (χ4v) is 7.01. The number of hydrogen-bond acceptors (Lipinski definition) is 9. The molecule has 0 radical (unpaired) electrons. The predicted molar refractivity (Wildman–Crippen MR) is 159 cm³/mol. The van der Waals surface area contributed by atoms with Gasteiger partial charge in [0.05, 0.1) is 26.5 Å². The number of fused-ring (bicyclic) bond motifs is 1. The van der Waals surface area contributed by atoms with Gasteiger partial charge in [-0.1, -0.05) is 37.3 Å². The van der Waals surface area contributed by atoms with Crippen molar-refractivity contribution in [1.29, 1.82) is 0 Å². The quantitative estimate of drug-likeness (QED) is 0.181. The van der Waals surface area contributed by atoms with Crippen LogP contribution in [0, 0.1) is 5.41 Å². The number of aromatic nitrogens is 3. The molecule has 0 spiro atoms. The number of hydrogen-bond donors (Lipinski definition) is 2. The summed E-state index contributed by atoms with van der Waals surface area (Å²) in [6, 6.07) is 7.13. The zero-order valence-corrected chi connectivity index (χ0v) is 26.6. The fourth-order valence-electron chi connectivity index (χ4n) is 4.45. The van der Waals surface area contributed by atoms with Crippen molar-refractivity contribution in [3.63, 3.8) is 0 Å². The van der Waals surface area contributed by atoms with E-state index in [4.69, 9.17) is 14.1 Å². The van der Waals surface area contributed by atoms with Gasteiger partial charge in [-0.05, 0) is 45.6 Å². The molecular weight excluding hydrogens is 621 g/mol. The van der Waals surface area contributed by atoms with Gasteiger partial charge in [0.1, 0.15) is 6.04 Å². The number of nitrogens with one attached hydrogen (secondary N) is 1. The molecular formula is C29H33F3N4O6S2. The summed E-state index contributed by atoms with van der Waals surface area (Å²) >= 11 is 1.21. The highest BCUT2D eigenvalue weighted by molar-refractivity contribution is 7.89. The van der Waals surface area contributed by atoms with E-state index in [2.05, 4.69) is 10.2 Å². The summed E-state index contributed by atoms with van der Waals surface area (Å²) in [4.78, 5) is 16.7. The lowest BCUT2D eigenvalue weighted by atomic mass is 9.90. The molecule has 4 aromatic rings. The summed E-state index contributed by atoms with van der Waals surface area (Å²) in [6.45, 7) is 8.09. The van der Waals surface area contributed by atoms with Crippen LogP contribution in [0.25, 0.3) is 32.1 Å². The molecule has 0 aliphatic heterocycles. The van der Waals surface area contributed by atoms with Crippen LogP contribution >= 0.6 is 11.3 Å². The Balaban J connectivity index is 1.84. The lowest BCUT2D eigenvalue weighted by molar-refractivity contribution is -0.151. The standard InChI is InChI=1S/C29H33F3N4O6S2/c1-7-21(29(30,31)32)36-44(39,40)20-13-12-18(16-10-8-9-11-17(16)20)23-19(14-28(4,5)41-6)33-25(43-23)24-35-34-22(42-24)15-27(2,3)26(37)38/h8-13,21,36H,7,14-15H2,1-6H3,(H,37,38). The Morgan fingerprint density at radius 3 is 2.32 bits per heavy atom. The van der Waals surface area contributed by atoms with Gasteiger partial charge in [-0.25, -0.2) is 13.4 Å². The van der Waals surface area contributed by atoms with E-state index in [-0.39, 0.29) is 28.5 Å². The van der Waals surface area contributed by atoms with Crippen molar-refractivity contribution in [3.05, 3.63) is 48.0 Å². The van der Waals surface area contributed by atoms with E-state index in [0.717, 1.165) is 0 Å². The SMILES string of the molecule is CCC(NS(=O)(=O)c1ccc(-c2sc(-c3nnc(CC(C)(C)C(=O)O)o3)nc2CC(C)(C)OC)c2ccccc12)C(F)(F)F. The zero-order chi connectivity index (χ0) is 32.7. The van der Waals surface area contributed by atoms with Crippen LogP contribution in [0.15, 0.2) is 45.7 Å². The lowest BCUT2D eigenvalue weighted by Gasteiger charge is -2.22. The maximum atomic E-state index is 13.4. The number of methoxy groups -OCH3 is 1. The fraction of sp³-hybridized carbons (Fsp3) is 0.448. The first-order chi connectivity index (χ1) is 20.4. The van der Waals surface area contributed by atoms with E-state index in [0.29, 0.717) is 32.9 Å². The summed E-state index contributed by atoms with van der Waals surface area (Å²) in [5.74, 6) is -0.812. The van der Waals surface area contributed by atoms with Crippen LogP contribution in [0.5, 0.6) is 0 Å². The molecule has 1 atom stereocenters. The van der Waals surface area contributed by atoms with Crippen molar-refractivity contribution in [3.8, 4) is 21.3 Å². The first kappa shape index (κ1) is 33.5. The van der Waals surface area contributed by atoms with Gasteiger partial charge in [0.15, 0.2) is 5.01 Å². The van der Waals surface area contributed by atoms with Gasteiger partial charge in [0, 0.05) is 30.9 Å². The minimum absolute atomic E-state index is 0.00103. The van der Waals surface area contributed by atoms with E-state index >= 15 is 0 Å². The number of ether oxygens (including phenoxy) is 1. The second-order valence-corrected chi connectivity index (χ2v) is 14.3. The number of carbonyl (C=O) groups is 1. The number of rotatable bonds is 12. The van der Waals surface area contributed by atoms with Crippen LogP contribution < -0.4 is 4.72 Å². The van der Waals surface area contributed by atoms with Gasteiger partial charge < -0.3 is 14.3 Å². The van der Waals surface area contributed by atoms with Crippen LogP contribution in [0.1, 0.15) is 52.6 Å². The molecule has 4 rings (SSSR count). The molecule has 2 aromatic carbocycles. The predicted octanol–water partition coefficient (Wildman–Crippen LogP) is 6.25. The molecule has 10 nitrogen and oxygen atoms in total. The maximum Gasteiger partial charge on any atom is 0.404 e. The third-order valence-electron chi connectivity index (χ3n) is 7.18. The molecule has 0 saturated heterocycles. The Morgan fingerprint density at radius 2 is 1.73 bits per heavy atom. The average Bonchev–Trinajstić information content (AvgIpc) is 3.56. The monoisotopic (exact) mass is 654 g/mol. The van der Waals surface area contributed by atoms with E-state index in [1.54, 1.807) is 45.2 Å². The molecule has 0 saturated carbocycles. The van der Waals surface area contributed by atoms with Crippen molar-refractivity contribution < 1.29 is 40.6 Å². The number of benzene rings is 2. The molecule has 1 unspecified atom stereocenters. The van der Waals surface area contributed by atoms with Gasteiger partial charge in [0.25, 0.3) is 5.89 Å². The highest BCUT2D eigenvalue weighted by atomic mass is 32.2. The first-order valence-electron chi connectivity index (χ1n) is 13.6. The third kappa shape index (κ3) is 7.11. The van der Waals surface area contributed by atoms with Gasteiger partial charge in [-0.3, -0.25) is 4.79 Å². The van der Waals surface area contributed by atoms with Crippen molar-refractivity contribution in [2.24, 2.45) is 5.41 Å². The topological polar surface area (TPSA) is 145 Å². The molecule has 0 aliphatic rings. The second-order valence-electron chi connectivity index (χ2n) is 11.6. The van der Waals surface area contributed by atoms with Gasteiger partial charge in [-0.2, -0.15) is 17.9 Å². The Morgan fingerprint density at radius 1 is 1.07 bits per heavy atom. The van der Waals surface area contributed by atoms with Crippen LogP contribution in [0.2, 0.25) is 0 Å². The number of sulfonamides is 1. The van der Waals surface area contributed by atoms with Crippen molar-refractivity contribution in [2.45, 2.75) is 76.6 Å². The van der Waals surface area contributed by atoms with E-state index in [1.165, 1.54) is 30.4 Å². The normalized spacial score (nSPS) is 13.8. The summed E-state index contributed by atoms with van der Waals surface area (Å²) < 4.78 is 80.1. The molecule has 44 heavy (non-hydrogen) atoms. The molecule has 2 aromatic heterocycles. The van der Waals surface area contributed by atoms with Crippen LogP contribution in [0.4, 0.5) is 13.2 Å². The van der Waals surface area contributed by atoms with Gasteiger partial charge >= 0.3 is 12.1 Å². The number of alkyl halides is 3. The summed E-state index contributed by atoms with van der Waals surface area (Å²) in [5.41, 5.74) is -0.607. The molecule has 2 N–H and O–H groups in total. The number of carboxylic acids is 1. The van der Waals surface area contributed by atoms with Crippen LogP contribution in [-0.2, 0) is 32.4 Å². The number of aliphatic carboxylic acids is 1. The first-order valence-corrected chi connectivity index (χ1v) is 15.9. The summed E-state index contributed by atoms with van der Waals surface area (Å²) in [6.07, 6.45) is -4.88. The highest BCUT2D eigenvalue weighted by Gasteiger charge is 2.41. The Bertz CT molecular complexity index is 1780. The molecule has 2 heterocycles. The van der Waals surface area contributed by atoms with Crippen molar-refractivity contribution >= 4 is 38.1 Å². The van der Waals surface area contributed by atoms with E-state index in [9.17, 15) is 31.5 Å².